The van der Waals surface area contributed by atoms with E-state index in [2.05, 4.69) is 30.2 Å². The molecular formula is C25H31N5O. The van der Waals surface area contributed by atoms with Crippen LogP contribution in [0.2, 0.25) is 0 Å². The molecule has 31 heavy (non-hydrogen) atoms. The number of aliphatic imine (C=N–C) groups is 2. The minimum absolute atomic E-state index is 0.203. The van der Waals surface area contributed by atoms with E-state index >= 15 is 0 Å². The van der Waals surface area contributed by atoms with Crippen molar-refractivity contribution in [3.05, 3.63) is 78.0 Å². The summed E-state index contributed by atoms with van der Waals surface area (Å²) in [5.41, 5.74) is 14.8. The van der Waals surface area contributed by atoms with E-state index in [-0.39, 0.29) is 12.0 Å². The van der Waals surface area contributed by atoms with Crippen LogP contribution in [0.5, 0.6) is 11.5 Å². The number of nitrogens with two attached hydrogens (primary N) is 2. The summed E-state index contributed by atoms with van der Waals surface area (Å²) in [5.74, 6) is 2.37. The highest BCUT2D eigenvalue weighted by molar-refractivity contribution is 6.05. The average molecular weight is 418 g/mol. The summed E-state index contributed by atoms with van der Waals surface area (Å²) in [4.78, 5) is 9.16. The van der Waals surface area contributed by atoms with Crippen molar-refractivity contribution in [3.63, 3.8) is 0 Å². The Labute approximate surface area is 184 Å². The standard InChI is InChI=1S/C25H31N5O/c1-3-5-10-19-16-24(28-22(19)4-2)30-25(27)29-23(17-26)18-11-9-14-21(15-18)31-20-12-7-6-8-13-20/h6-9,11-17,22H,3-5,10,26H2,1-2H3,(H3,27,28,29,30)/b23-17-. The Bertz CT molecular complexity index is 992. The van der Waals surface area contributed by atoms with Crippen molar-refractivity contribution >= 4 is 17.5 Å². The van der Waals surface area contributed by atoms with Gasteiger partial charge in [0, 0.05) is 11.8 Å². The second kappa shape index (κ2) is 11.0. The molecule has 2 aromatic rings. The number of guanidine groups is 1. The number of hydrogen-bond donors (Lipinski definition) is 3. The second-order valence-electron chi connectivity index (χ2n) is 7.38. The fourth-order valence-corrected chi connectivity index (χ4v) is 3.43. The van der Waals surface area contributed by atoms with Crippen LogP contribution >= 0.6 is 0 Å². The predicted octanol–water partition coefficient (Wildman–Crippen LogP) is 4.95. The molecule has 0 aromatic heterocycles. The third-order valence-corrected chi connectivity index (χ3v) is 5.02. The molecule has 1 unspecified atom stereocenters. The Morgan fingerprint density at radius 2 is 1.90 bits per heavy atom. The summed E-state index contributed by atoms with van der Waals surface area (Å²) >= 11 is 0. The van der Waals surface area contributed by atoms with Crippen molar-refractivity contribution in [2.45, 2.75) is 45.6 Å². The molecule has 0 fully saturated rings. The molecular weight excluding hydrogens is 386 g/mol. The van der Waals surface area contributed by atoms with Gasteiger partial charge in [0.25, 0.3) is 0 Å². The molecule has 6 nitrogen and oxygen atoms in total. The van der Waals surface area contributed by atoms with Crippen LogP contribution in [0.3, 0.4) is 0 Å². The molecule has 162 valence electrons. The maximum Gasteiger partial charge on any atom is 0.199 e. The first kappa shape index (κ1) is 22.2. The number of para-hydroxylation sites is 1. The Balaban J connectivity index is 1.71. The SMILES string of the molecule is CCCCC1=CC(N=C(N)N/C(=C\N)c2cccc(Oc3ccccc3)c2)=NC1CC. The summed E-state index contributed by atoms with van der Waals surface area (Å²) in [6.45, 7) is 4.33. The molecule has 0 spiro atoms. The molecule has 5 N–H and O–H groups in total. The zero-order chi connectivity index (χ0) is 22.1. The molecule has 0 aliphatic carbocycles. The predicted molar refractivity (Wildman–Crippen MR) is 129 cm³/mol. The quantitative estimate of drug-likeness (QED) is 0.418. The van der Waals surface area contributed by atoms with Gasteiger partial charge in [0.2, 0.25) is 0 Å². The molecule has 0 saturated carbocycles. The van der Waals surface area contributed by atoms with E-state index in [1.54, 1.807) is 0 Å². The fourth-order valence-electron chi connectivity index (χ4n) is 3.43. The van der Waals surface area contributed by atoms with Gasteiger partial charge in [-0.25, -0.2) is 0 Å². The van der Waals surface area contributed by atoms with Gasteiger partial charge in [0.15, 0.2) is 11.8 Å². The van der Waals surface area contributed by atoms with Crippen LogP contribution in [0.4, 0.5) is 0 Å². The molecule has 6 heteroatoms. The third kappa shape index (κ3) is 6.22. The van der Waals surface area contributed by atoms with Crippen LogP contribution in [-0.4, -0.2) is 17.8 Å². The van der Waals surface area contributed by atoms with Crippen LogP contribution in [0.25, 0.3) is 5.70 Å². The summed E-state index contributed by atoms with van der Waals surface area (Å²) in [5, 5.41) is 3.09. The van der Waals surface area contributed by atoms with Crippen LogP contribution in [-0.2, 0) is 0 Å². The third-order valence-electron chi connectivity index (χ3n) is 5.02. The van der Waals surface area contributed by atoms with E-state index in [0.29, 0.717) is 17.3 Å². The summed E-state index contributed by atoms with van der Waals surface area (Å²) in [6, 6.07) is 17.4. The van der Waals surface area contributed by atoms with Crippen molar-refractivity contribution < 1.29 is 4.74 Å². The van der Waals surface area contributed by atoms with Gasteiger partial charge in [0.1, 0.15) is 11.5 Å². The number of benzene rings is 2. The van der Waals surface area contributed by atoms with Gasteiger partial charge in [0.05, 0.1) is 11.7 Å². The second-order valence-corrected chi connectivity index (χ2v) is 7.38. The van der Waals surface area contributed by atoms with E-state index in [4.69, 9.17) is 21.2 Å². The molecule has 0 saturated heterocycles. The van der Waals surface area contributed by atoms with Gasteiger partial charge >= 0.3 is 0 Å². The first-order chi connectivity index (χ1) is 15.1. The van der Waals surface area contributed by atoms with Crippen LogP contribution in [0, 0.1) is 0 Å². The van der Waals surface area contributed by atoms with E-state index in [0.717, 1.165) is 37.0 Å². The van der Waals surface area contributed by atoms with Gasteiger partial charge < -0.3 is 21.5 Å². The largest absolute Gasteiger partial charge is 0.457 e. The molecule has 0 bridgehead atoms. The van der Waals surface area contributed by atoms with Crippen molar-refractivity contribution in [3.8, 4) is 11.5 Å². The van der Waals surface area contributed by atoms with E-state index in [9.17, 15) is 0 Å². The molecule has 0 amide bonds. The zero-order valence-electron chi connectivity index (χ0n) is 18.2. The number of nitrogens with one attached hydrogen (secondary N) is 1. The lowest BCUT2D eigenvalue weighted by Gasteiger charge is -2.12. The molecule has 0 radical (unpaired) electrons. The van der Waals surface area contributed by atoms with Crippen molar-refractivity contribution in [1.82, 2.24) is 5.32 Å². The molecule has 1 aliphatic heterocycles. The zero-order valence-corrected chi connectivity index (χ0v) is 18.2. The lowest BCUT2D eigenvalue weighted by molar-refractivity contribution is 0.482. The first-order valence-corrected chi connectivity index (χ1v) is 10.8. The topological polar surface area (TPSA) is 98.0 Å². The Morgan fingerprint density at radius 3 is 2.61 bits per heavy atom. The highest BCUT2D eigenvalue weighted by Gasteiger charge is 2.18. The van der Waals surface area contributed by atoms with Crippen LogP contribution < -0.4 is 21.5 Å². The summed E-state index contributed by atoms with van der Waals surface area (Å²) < 4.78 is 5.91. The molecule has 2 aromatic carbocycles. The van der Waals surface area contributed by atoms with Crippen molar-refractivity contribution in [2.75, 3.05) is 0 Å². The number of hydrogen-bond acceptors (Lipinski definition) is 4. The van der Waals surface area contributed by atoms with Crippen molar-refractivity contribution in [2.24, 2.45) is 21.5 Å². The normalized spacial score (nSPS) is 16.6. The lowest BCUT2D eigenvalue weighted by Crippen LogP contribution is -2.31. The number of unbranched alkanes of at least 4 members (excludes halogenated alkanes) is 1. The van der Waals surface area contributed by atoms with Crippen LogP contribution in [0.1, 0.15) is 45.1 Å². The lowest BCUT2D eigenvalue weighted by atomic mass is 10.0. The Kier molecular flexibility index (Phi) is 7.87. The molecule has 3 rings (SSSR count). The Morgan fingerprint density at radius 1 is 1.13 bits per heavy atom. The summed E-state index contributed by atoms with van der Waals surface area (Å²) in [6.07, 6.45) is 7.85. The number of amidine groups is 1. The first-order valence-electron chi connectivity index (χ1n) is 10.8. The number of rotatable bonds is 8. The minimum atomic E-state index is 0.203. The van der Waals surface area contributed by atoms with Gasteiger partial charge in [-0.05, 0) is 55.2 Å². The summed E-state index contributed by atoms with van der Waals surface area (Å²) in [7, 11) is 0. The van der Waals surface area contributed by atoms with Gasteiger partial charge in [-0.2, -0.15) is 4.99 Å². The fraction of sp³-hybridized carbons (Fsp3) is 0.280. The van der Waals surface area contributed by atoms with Gasteiger partial charge in [-0.3, -0.25) is 4.99 Å². The number of ether oxygens (including phenoxy) is 1. The van der Waals surface area contributed by atoms with Gasteiger partial charge in [-0.15, -0.1) is 0 Å². The Hall–Kier alpha value is -3.54. The van der Waals surface area contributed by atoms with Crippen LogP contribution in [0.15, 0.2) is 82.4 Å². The monoisotopic (exact) mass is 417 g/mol. The molecule has 1 atom stereocenters. The van der Waals surface area contributed by atoms with E-state index in [1.807, 2.05) is 54.6 Å². The average Bonchev–Trinajstić information content (AvgIpc) is 3.18. The van der Waals surface area contributed by atoms with E-state index in [1.165, 1.54) is 11.8 Å². The minimum Gasteiger partial charge on any atom is -0.457 e. The number of nitrogens with zero attached hydrogens (tertiary/aromatic N) is 2. The smallest absolute Gasteiger partial charge is 0.199 e. The molecule has 1 aliphatic rings. The maximum atomic E-state index is 6.16. The van der Waals surface area contributed by atoms with Crippen molar-refractivity contribution in [1.29, 1.82) is 0 Å². The highest BCUT2D eigenvalue weighted by atomic mass is 16.5. The van der Waals surface area contributed by atoms with E-state index < -0.39 is 0 Å². The maximum absolute atomic E-state index is 6.16. The van der Waals surface area contributed by atoms with Gasteiger partial charge in [-0.1, -0.05) is 50.6 Å². The highest BCUT2D eigenvalue weighted by Crippen LogP contribution is 2.25. The molecule has 1 heterocycles.